The lowest BCUT2D eigenvalue weighted by molar-refractivity contribution is 0.328. The molecule has 56 valence electrons. The highest BCUT2D eigenvalue weighted by Crippen LogP contribution is 2.30. The van der Waals surface area contributed by atoms with Gasteiger partial charge in [0.15, 0.2) is 0 Å². The summed E-state index contributed by atoms with van der Waals surface area (Å²) in [5.74, 6) is -0.610. The minimum absolute atomic E-state index is 0.610. The van der Waals surface area contributed by atoms with Crippen LogP contribution in [0.15, 0.2) is 24.1 Å². The van der Waals surface area contributed by atoms with Crippen molar-refractivity contribution in [2.24, 2.45) is 5.73 Å². The molecule has 1 aliphatic carbocycles. The van der Waals surface area contributed by atoms with Crippen LogP contribution in [0, 0.1) is 0 Å². The molecule has 0 aromatic heterocycles. The fraction of sp³-hybridized carbons (Fsp3) is 0.333. The third-order valence-electron chi connectivity index (χ3n) is 1.24. The summed E-state index contributed by atoms with van der Waals surface area (Å²) in [7, 11) is 0. The number of halogens is 3. The zero-order valence-corrected chi connectivity index (χ0v) is 6.61. The van der Waals surface area contributed by atoms with Gasteiger partial charge in [-0.05, 0) is 22.0 Å². The Labute approximate surface area is 65.7 Å². The molecule has 2 unspecified atom stereocenters. The molecule has 2 N–H and O–H groups in total. The number of allylic oxidation sites excluding steroid dienone is 2. The lowest BCUT2D eigenvalue weighted by Crippen LogP contribution is -2.37. The van der Waals surface area contributed by atoms with E-state index in [1.165, 1.54) is 6.08 Å². The van der Waals surface area contributed by atoms with Crippen LogP contribution in [0.2, 0.25) is 0 Å². The van der Waals surface area contributed by atoms with E-state index in [1.807, 2.05) is 0 Å². The predicted molar refractivity (Wildman–Crippen MR) is 39.1 cm³/mol. The maximum atomic E-state index is 12.9. The van der Waals surface area contributed by atoms with Crippen LogP contribution in [0.1, 0.15) is 0 Å². The first-order valence-corrected chi connectivity index (χ1v) is 3.51. The van der Waals surface area contributed by atoms with Crippen molar-refractivity contribution >= 4 is 15.9 Å². The number of nitrogens with two attached hydrogens (primary N) is 1. The van der Waals surface area contributed by atoms with Crippen LogP contribution >= 0.6 is 15.9 Å². The Kier molecular flexibility index (Phi) is 1.92. The average molecular weight is 210 g/mol. The van der Waals surface area contributed by atoms with E-state index in [1.54, 1.807) is 0 Å². The smallest absolute Gasteiger partial charge is 0.204 e. The molecule has 2 atom stereocenters. The van der Waals surface area contributed by atoms with E-state index in [9.17, 15) is 8.78 Å². The van der Waals surface area contributed by atoms with Gasteiger partial charge >= 0.3 is 0 Å². The Morgan fingerprint density at radius 1 is 1.70 bits per heavy atom. The van der Waals surface area contributed by atoms with Gasteiger partial charge in [0.1, 0.15) is 5.83 Å². The van der Waals surface area contributed by atoms with E-state index in [0.29, 0.717) is 0 Å². The van der Waals surface area contributed by atoms with Crippen molar-refractivity contribution in [3.63, 3.8) is 0 Å². The maximum absolute atomic E-state index is 12.9. The topological polar surface area (TPSA) is 26.0 Å². The highest BCUT2D eigenvalue weighted by atomic mass is 79.9. The third kappa shape index (κ3) is 1.44. The van der Waals surface area contributed by atoms with E-state index in [2.05, 4.69) is 15.9 Å². The van der Waals surface area contributed by atoms with Gasteiger partial charge in [0.05, 0.1) is 6.04 Å². The Morgan fingerprint density at radius 3 is 2.70 bits per heavy atom. The van der Waals surface area contributed by atoms with Crippen molar-refractivity contribution in [3.8, 4) is 0 Å². The minimum Gasteiger partial charge on any atom is -0.321 e. The maximum Gasteiger partial charge on any atom is 0.204 e. The predicted octanol–water partition coefficient (Wildman–Crippen LogP) is 1.80. The largest absolute Gasteiger partial charge is 0.321 e. The normalized spacial score (nSPS) is 39.6. The second kappa shape index (κ2) is 2.43. The lowest BCUT2D eigenvalue weighted by Gasteiger charge is -2.21. The van der Waals surface area contributed by atoms with Crippen LogP contribution in [0.25, 0.3) is 0 Å². The minimum atomic E-state index is -1.92. The van der Waals surface area contributed by atoms with E-state index in [0.717, 1.165) is 12.2 Å². The Balaban J connectivity index is 2.88. The summed E-state index contributed by atoms with van der Waals surface area (Å²) in [5.41, 5.74) is 5.25. The van der Waals surface area contributed by atoms with Gasteiger partial charge in [-0.2, -0.15) is 0 Å². The van der Waals surface area contributed by atoms with Gasteiger partial charge in [0.25, 0.3) is 0 Å². The molecule has 0 aromatic rings. The summed E-state index contributed by atoms with van der Waals surface area (Å²) in [6, 6.07) is -0.813. The summed E-state index contributed by atoms with van der Waals surface area (Å²) in [5, 5.41) is 0. The molecule has 0 saturated heterocycles. The van der Waals surface area contributed by atoms with Gasteiger partial charge < -0.3 is 5.73 Å². The van der Waals surface area contributed by atoms with E-state index in [-0.39, 0.29) is 0 Å². The summed E-state index contributed by atoms with van der Waals surface area (Å²) in [6.45, 7) is 0. The second-order valence-electron chi connectivity index (χ2n) is 2.09. The summed E-state index contributed by atoms with van der Waals surface area (Å²) >= 11 is 2.64. The van der Waals surface area contributed by atoms with Crippen molar-refractivity contribution in [2.75, 3.05) is 0 Å². The molecular formula is C6H6BrF2N. The number of rotatable bonds is 0. The molecule has 10 heavy (non-hydrogen) atoms. The van der Waals surface area contributed by atoms with Gasteiger partial charge in [-0.1, -0.05) is 6.08 Å². The van der Waals surface area contributed by atoms with Crippen LogP contribution in [0.5, 0.6) is 0 Å². The van der Waals surface area contributed by atoms with Crippen molar-refractivity contribution in [1.82, 2.24) is 0 Å². The molecule has 0 amide bonds. The lowest BCUT2D eigenvalue weighted by atomic mass is 10.1. The molecule has 0 fully saturated rings. The van der Waals surface area contributed by atoms with Crippen molar-refractivity contribution < 1.29 is 8.78 Å². The van der Waals surface area contributed by atoms with Crippen LogP contribution in [0.4, 0.5) is 8.78 Å². The molecule has 0 spiro atoms. The summed E-state index contributed by atoms with van der Waals surface area (Å²) < 4.78 is 23.3. The molecule has 0 bridgehead atoms. The van der Waals surface area contributed by atoms with Crippen LogP contribution in [-0.2, 0) is 0 Å². The quantitative estimate of drug-likeness (QED) is 0.606. The molecular weight excluding hydrogens is 204 g/mol. The summed E-state index contributed by atoms with van der Waals surface area (Å²) in [6.07, 6.45) is 3.21. The SMILES string of the molecule is NC1C=CC(F)=CC1(F)Br. The fourth-order valence-corrected chi connectivity index (χ4v) is 1.02. The monoisotopic (exact) mass is 209 g/mol. The van der Waals surface area contributed by atoms with Gasteiger partial charge in [0.2, 0.25) is 4.58 Å². The number of alkyl halides is 2. The van der Waals surface area contributed by atoms with Crippen molar-refractivity contribution in [3.05, 3.63) is 24.1 Å². The van der Waals surface area contributed by atoms with E-state index >= 15 is 0 Å². The second-order valence-corrected chi connectivity index (χ2v) is 3.30. The van der Waals surface area contributed by atoms with Gasteiger partial charge in [-0.15, -0.1) is 0 Å². The average Bonchev–Trinajstić information content (AvgIpc) is 1.78. The fourth-order valence-electron chi connectivity index (χ4n) is 0.652. The van der Waals surface area contributed by atoms with Crippen LogP contribution in [0.3, 0.4) is 0 Å². The van der Waals surface area contributed by atoms with Crippen LogP contribution < -0.4 is 5.73 Å². The van der Waals surface area contributed by atoms with Crippen molar-refractivity contribution in [2.45, 2.75) is 10.6 Å². The molecule has 0 saturated carbocycles. The number of hydrogen-bond donors (Lipinski definition) is 1. The molecule has 0 radical (unpaired) electrons. The molecule has 4 heteroatoms. The van der Waals surface area contributed by atoms with Crippen molar-refractivity contribution in [1.29, 1.82) is 0 Å². The first-order chi connectivity index (χ1) is 4.52. The molecule has 1 aliphatic rings. The molecule has 0 aromatic carbocycles. The Bertz CT molecular complexity index is 198. The van der Waals surface area contributed by atoms with Gasteiger partial charge in [0, 0.05) is 6.08 Å². The highest BCUT2D eigenvalue weighted by Gasteiger charge is 2.32. The zero-order chi connectivity index (χ0) is 7.78. The first-order valence-electron chi connectivity index (χ1n) is 2.72. The Morgan fingerprint density at radius 2 is 2.30 bits per heavy atom. The Hall–Kier alpha value is -0.220. The van der Waals surface area contributed by atoms with E-state index in [4.69, 9.17) is 5.73 Å². The van der Waals surface area contributed by atoms with Gasteiger partial charge in [-0.25, -0.2) is 8.78 Å². The van der Waals surface area contributed by atoms with E-state index < -0.39 is 16.4 Å². The van der Waals surface area contributed by atoms with Gasteiger partial charge in [-0.3, -0.25) is 0 Å². The molecule has 1 nitrogen and oxygen atoms in total. The molecule has 0 aliphatic heterocycles. The van der Waals surface area contributed by atoms with Crippen LogP contribution in [-0.4, -0.2) is 10.6 Å². The molecule has 1 rings (SSSR count). The third-order valence-corrected chi connectivity index (χ3v) is 2.00. The zero-order valence-electron chi connectivity index (χ0n) is 5.02. The number of hydrogen-bond acceptors (Lipinski definition) is 1. The standard InChI is InChI=1S/C6H6BrF2N/c7-6(9)3-4(8)1-2-5(6)10/h1-3,5H,10H2. The summed E-state index contributed by atoms with van der Waals surface area (Å²) in [4.78, 5) is 0. The first kappa shape index (κ1) is 7.88. The highest BCUT2D eigenvalue weighted by molar-refractivity contribution is 9.10. The molecule has 0 heterocycles.